The SMILES string of the molecule is CCC[C@H]1OC[C@@H](OCc2ccccc2Cl)[C@@H](C(C)OC(=O)COc2ccccc2)O1. The average molecular weight is 449 g/mol. The second kappa shape index (κ2) is 12.1. The molecule has 1 aliphatic heterocycles. The predicted molar refractivity (Wildman–Crippen MR) is 117 cm³/mol. The van der Waals surface area contributed by atoms with Crippen LogP contribution in [0.25, 0.3) is 0 Å². The second-order valence-electron chi connectivity index (χ2n) is 7.39. The summed E-state index contributed by atoms with van der Waals surface area (Å²) in [5.74, 6) is 0.140. The molecule has 2 aromatic carbocycles. The third-order valence-electron chi connectivity index (χ3n) is 4.94. The van der Waals surface area contributed by atoms with Crippen LogP contribution in [0.3, 0.4) is 0 Å². The fourth-order valence-corrected chi connectivity index (χ4v) is 3.51. The van der Waals surface area contributed by atoms with Crippen molar-refractivity contribution in [1.82, 2.24) is 0 Å². The lowest BCUT2D eigenvalue weighted by molar-refractivity contribution is -0.283. The Hall–Kier alpha value is -2.12. The topological polar surface area (TPSA) is 63.2 Å². The number of ether oxygens (including phenoxy) is 5. The Kier molecular flexibility index (Phi) is 9.15. The first kappa shape index (κ1) is 23.5. The van der Waals surface area contributed by atoms with Crippen LogP contribution in [0.15, 0.2) is 54.6 Å². The van der Waals surface area contributed by atoms with Crippen molar-refractivity contribution in [2.24, 2.45) is 0 Å². The molecule has 0 spiro atoms. The molecule has 0 bridgehead atoms. The molecule has 0 saturated carbocycles. The molecular formula is C24H29ClO6. The van der Waals surface area contributed by atoms with E-state index in [1.54, 1.807) is 19.1 Å². The molecule has 2 aromatic rings. The van der Waals surface area contributed by atoms with Gasteiger partial charge in [-0.05, 0) is 37.1 Å². The molecule has 1 heterocycles. The van der Waals surface area contributed by atoms with Crippen LogP contribution >= 0.6 is 11.6 Å². The quantitative estimate of drug-likeness (QED) is 0.487. The summed E-state index contributed by atoms with van der Waals surface area (Å²) in [5, 5.41) is 0.637. The van der Waals surface area contributed by atoms with E-state index in [0.29, 0.717) is 24.0 Å². The van der Waals surface area contributed by atoms with Gasteiger partial charge in [-0.3, -0.25) is 0 Å². The number of hydrogen-bond acceptors (Lipinski definition) is 6. The van der Waals surface area contributed by atoms with Crippen molar-refractivity contribution in [3.63, 3.8) is 0 Å². The van der Waals surface area contributed by atoms with Gasteiger partial charge >= 0.3 is 5.97 Å². The molecule has 168 valence electrons. The molecule has 3 rings (SSSR count). The molecule has 1 aliphatic rings. The van der Waals surface area contributed by atoms with Gasteiger partial charge in [0, 0.05) is 5.02 Å². The molecule has 7 heteroatoms. The fourth-order valence-electron chi connectivity index (χ4n) is 3.32. The van der Waals surface area contributed by atoms with E-state index in [1.807, 2.05) is 42.5 Å². The molecule has 1 fully saturated rings. The summed E-state index contributed by atoms with van der Waals surface area (Å²) >= 11 is 6.23. The number of benzene rings is 2. The molecule has 1 saturated heterocycles. The Morgan fingerprint density at radius 2 is 1.90 bits per heavy atom. The van der Waals surface area contributed by atoms with Crippen molar-refractivity contribution < 1.29 is 28.5 Å². The number of rotatable bonds is 10. The second-order valence-corrected chi connectivity index (χ2v) is 7.80. The number of para-hydroxylation sites is 1. The maximum absolute atomic E-state index is 12.3. The van der Waals surface area contributed by atoms with E-state index >= 15 is 0 Å². The van der Waals surface area contributed by atoms with Crippen LogP contribution in [-0.4, -0.2) is 43.8 Å². The number of carbonyl (C=O) groups excluding carboxylic acids is 1. The Morgan fingerprint density at radius 3 is 2.65 bits per heavy atom. The first-order valence-electron chi connectivity index (χ1n) is 10.6. The predicted octanol–water partition coefficient (Wildman–Crippen LogP) is 4.78. The Morgan fingerprint density at radius 1 is 1.16 bits per heavy atom. The van der Waals surface area contributed by atoms with Crippen LogP contribution in [0.2, 0.25) is 5.02 Å². The van der Waals surface area contributed by atoms with Gasteiger partial charge in [0.25, 0.3) is 0 Å². The van der Waals surface area contributed by atoms with Gasteiger partial charge in [-0.1, -0.05) is 61.3 Å². The highest BCUT2D eigenvalue weighted by molar-refractivity contribution is 6.31. The normalized spacial score (nSPS) is 22.0. The van der Waals surface area contributed by atoms with Crippen molar-refractivity contribution in [3.8, 4) is 5.75 Å². The standard InChI is InChI=1S/C24H29ClO6/c1-3-9-23-29-15-21(28-14-18-10-7-8-13-20(18)25)24(31-23)17(2)30-22(26)16-27-19-11-5-4-6-12-19/h4-8,10-13,17,21,23-24H,3,9,14-16H2,1-2H3/t17?,21-,23+,24-/m1/s1. The van der Waals surface area contributed by atoms with Crippen LogP contribution < -0.4 is 4.74 Å². The summed E-state index contributed by atoms with van der Waals surface area (Å²) < 4.78 is 29.0. The van der Waals surface area contributed by atoms with Gasteiger partial charge in [-0.2, -0.15) is 0 Å². The zero-order chi connectivity index (χ0) is 22.1. The van der Waals surface area contributed by atoms with Gasteiger partial charge in [-0.15, -0.1) is 0 Å². The number of halogens is 1. The first-order valence-corrected chi connectivity index (χ1v) is 10.9. The molecule has 0 radical (unpaired) electrons. The molecule has 0 N–H and O–H groups in total. The van der Waals surface area contributed by atoms with Crippen LogP contribution in [0.1, 0.15) is 32.3 Å². The van der Waals surface area contributed by atoms with Crippen LogP contribution in [0, 0.1) is 0 Å². The summed E-state index contributed by atoms with van der Waals surface area (Å²) in [5.41, 5.74) is 0.875. The Labute approximate surface area is 188 Å². The van der Waals surface area contributed by atoms with E-state index < -0.39 is 24.3 Å². The van der Waals surface area contributed by atoms with Gasteiger partial charge < -0.3 is 23.7 Å². The molecular weight excluding hydrogens is 420 g/mol. The lowest BCUT2D eigenvalue weighted by Crippen LogP contribution is -2.51. The van der Waals surface area contributed by atoms with Crippen molar-refractivity contribution in [2.45, 2.75) is 57.9 Å². The monoisotopic (exact) mass is 448 g/mol. The minimum absolute atomic E-state index is 0.179. The Balaban J connectivity index is 1.58. The summed E-state index contributed by atoms with van der Waals surface area (Å²) in [6, 6.07) is 16.6. The van der Waals surface area contributed by atoms with Crippen molar-refractivity contribution >= 4 is 17.6 Å². The number of esters is 1. The summed E-state index contributed by atoms with van der Waals surface area (Å²) in [7, 11) is 0. The lowest BCUT2D eigenvalue weighted by Gasteiger charge is -2.38. The smallest absolute Gasteiger partial charge is 0.344 e. The summed E-state index contributed by atoms with van der Waals surface area (Å²) in [6.45, 7) is 4.34. The minimum Gasteiger partial charge on any atom is -0.482 e. The number of hydrogen-bond donors (Lipinski definition) is 0. The first-order chi connectivity index (χ1) is 15.1. The van der Waals surface area contributed by atoms with E-state index in [2.05, 4.69) is 6.92 Å². The summed E-state index contributed by atoms with van der Waals surface area (Å²) in [4.78, 5) is 12.3. The van der Waals surface area contributed by atoms with E-state index in [0.717, 1.165) is 18.4 Å². The third kappa shape index (κ3) is 7.21. The highest BCUT2D eigenvalue weighted by Crippen LogP contribution is 2.25. The largest absolute Gasteiger partial charge is 0.482 e. The van der Waals surface area contributed by atoms with Crippen LogP contribution in [0.4, 0.5) is 0 Å². The molecule has 0 aliphatic carbocycles. The summed E-state index contributed by atoms with van der Waals surface area (Å²) in [6.07, 6.45) is -0.0772. The maximum atomic E-state index is 12.3. The van der Waals surface area contributed by atoms with Gasteiger partial charge in [0.05, 0.1) is 13.2 Å². The fraction of sp³-hybridized carbons (Fsp3) is 0.458. The highest BCUT2D eigenvalue weighted by Gasteiger charge is 2.38. The van der Waals surface area contributed by atoms with Gasteiger partial charge in [0.1, 0.15) is 24.1 Å². The Bertz CT molecular complexity index is 815. The highest BCUT2D eigenvalue weighted by atomic mass is 35.5. The van der Waals surface area contributed by atoms with E-state index in [-0.39, 0.29) is 12.9 Å². The molecule has 6 nitrogen and oxygen atoms in total. The molecule has 1 unspecified atom stereocenters. The minimum atomic E-state index is -0.536. The van der Waals surface area contributed by atoms with Gasteiger partial charge in [-0.25, -0.2) is 4.79 Å². The van der Waals surface area contributed by atoms with Crippen molar-refractivity contribution in [2.75, 3.05) is 13.2 Å². The number of carbonyl (C=O) groups is 1. The van der Waals surface area contributed by atoms with E-state index in [9.17, 15) is 4.79 Å². The molecule has 0 aromatic heterocycles. The maximum Gasteiger partial charge on any atom is 0.344 e. The molecule has 0 amide bonds. The zero-order valence-electron chi connectivity index (χ0n) is 17.9. The third-order valence-corrected chi connectivity index (χ3v) is 5.31. The van der Waals surface area contributed by atoms with E-state index in [4.69, 9.17) is 35.3 Å². The zero-order valence-corrected chi connectivity index (χ0v) is 18.6. The van der Waals surface area contributed by atoms with Gasteiger partial charge in [0.15, 0.2) is 12.9 Å². The lowest BCUT2D eigenvalue weighted by atomic mass is 10.1. The van der Waals surface area contributed by atoms with Gasteiger partial charge in [0.2, 0.25) is 0 Å². The van der Waals surface area contributed by atoms with Crippen molar-refractivity contribution in [1.29, 1.82) is 0 Å². The van der Waals surface area contributed by atoms with Crippen molar-refractivity contribution in [3.05, 3.63) is 65.2 Å². The van der Waals surface area contributed by atoms with Crippen LogP contribution in [0.5, 0.6) is 5.75 Å². The average Bonchev–Trinajstić information content (AvgIpc) is 2.78. The molecule has 4 atom stereocenters. The van der Waals surface area contributed by atoms with Crippen LogP contribution in [-0.2, 0) is 30.3 Å². The van der Waals surface area contributed by atoms with E-state index in [1.165, 1.54) is 0 Å². The molecule has 31 heavy (non-hydrogen) atoms.